The molecule has 1 aromatic carbocycles. The standard InChI is InChI=1S/C18H19N3/c1-12-8-9-21-11-16(20-18(21)17(12)19)15-7-6-13-4-2-3-5-14(13)10-15/h6-11H,2-5,19H2,1H3. The minimum Gasteiger partial charge on any atom is -0.395 e. The summed E-state index contributed by atoms with van der Waals surface area (Å²) >= 11 is 0. The summed E-state index contributed by atoms with van der Waals surface area (Å²) in [5.41, 5.74) is 14.0. The van der Waals surface area contributed by atoms with E-state index in [-0.39, 0.29) is 0 Å². The van der Waals surface area contributed by atoms with Gasteiger partial charge < -0.3 is 10.1 Å². The molecule has 21 heavy (non-hydrogen) atoms. The third-order valence-corrected chi connectivity index (χ3v) is 4.53. The molecule has 0 bridgehead atoms. The fraction of sp³-hybridized carbons (Fsp3) is 0.278. The molecule has 2 heterocycles. The summed E-state index contributed by atoms with van der Waals surface area (Å²) in [6, 6.07) is 8.79. The third kappa shape index (κ3) is 2.00. The van der Waals surface area contributed by atoms with Crippen LogP contribution in [0.25, 0.3) is 16.9 Å². The van der Waals surface area contributed by atoms with Crippen molar-refractivity contribution in [2.24, 2.45) is 0 Å². The van der Waals surface area contributed by atoms with Gasteiger partial charge in [0.25, 0.3) is 0 Å². The van der Waals surface area contributed by atoms with Gasteiger partial charge in [0.15, 0.2) is 5.65 Å². The van der Waals surface area contributed by atoms with Crippen molar-refractivity contribution >= 4 is 11.3 Å². The number of hydrogen-bond donors (Lipinski definition) is 1. The Bertz CT molecular complexity index is 830. The minimum absolute atomic E-state index is 0.765. The fourth-order valence-electron chi connectivity index (χ4n) is 3.20. The number of rotatable bonds is 1. The van der Waals surface area contributed by atoms with Gasteiger partial charge in [0.1, 0.15) is 0 Å². The van der Waals surface area contributed by atoms with Gasteiger partial charge in [-0.05, 0) is 61.4 Å². The molecule has 0 radical (unpaired) electrons. The van der Waals surface area contributed by atoms with Crippen molar-refractivity contribution < 1.29 is 0 Å². The maximum atomic E-state index is 6.14. The van der Waals surface area contributed by atoms with Gasteiger partial charge >= 0.3 is 0 Å². The number of benzene rings is 1. The van der Waals surface area contributed by atoms with E-state index in [4.69, 9.17) is 10.7 Å². The molecular formula is C18H19N3. The maximum Gasteiger partial charge on any atom is 0.160 e. The highest BCUT2D eigenvalue weighted by molar-refractivity contribution is 5.73. The first-order chi connectivity index (χ1) is 10.2. The summed E-state index contributed by atoms with van der Waals surface area (Å²) in [6.45, 7) is 2.02. The van der Waals surface area contributed by atoms with E-state index in [1.54, 1.807) is 0 Å². The lowest BCUT2D eigenvalue weighted by atomic mass is 9.90. The van der Waals surface area contributed by atoms with E-state index in [1.807, 2.05) is 23.6 Å². The van der Waals surface area contributed by atoms with Crippen LogP contribution < -0.4 is 5.73 Å². The van der Waals surface area contributed by atoms with Crippen molar-refractivity contribution in [3.05, 3.63) is 53.3 Å². The van der Waals surface area contributed by atoms with Crippen LogP contribution in [0.3, 0.4) is 0 Å². The Morgan fingerprint density at radius 1 is 1.10 bits per heavy atom. The second kappa shape index (κ2) is 4.62. The van der Waals surface area contributed by atoms with Crippen LogP contribution in [-0.4, -0.2) is 9.38 Å². The lowest BCUT2D eigenvalue weighted by molar-refractivity contribution is 0.686. The topological polar surface area (TPSA) is 43.3 Å². The molecule has 2 aromatic heterocycles. The number of nitrogen functional groups attached to an aromatic ring is 1. The van der Waals surface area contributed by atoms with E-state index in [2.05, 4.69) is 24.4 Å². The van der Waals surface area contributed by atoms with Crippen molar-refractivity contribution in [3.8, 4) is 11.3 Å². The molecule has 0 unspecified atom stereocenters. The van der Waals surface area contributed by atoms with Gasteiger partial charge in [0.05, 0.1) is 11.4 Å². The summed E-state index contributed by atoms with van der Waals surface area (Å²) in [4.78, 5) is 4.73. The summed E-state index contributed by atoms with van der Waals surface area (Å²) in [5, 5.41) is 0. The Hall–Kier alpha value is -2.29. The van der Waals surface area contributed by atoms with Crippen molar-refractivity contribution in [3.63, 3.8) is 0 Å². The Kier molecular flexibility index (Phi) is 2.74. The zero-order valence-electron chi connectivity index (χ0n) is 12.3. The van der Waals surface area contributed by atoms with Crippen LogP contribution in [0.4, 0.5) is 5.69 Å². The number of fused-ring (bicyclic) bond motifs is 2. The number of nitrogens with two attached hydrogens (primary N) is 1. The molecule has 0 amide bonds. The van der Waals surface area contributed by atoms with E-state index >= 15 is 0 Å². The summed E-state index contributed by atoms with van der Waals surface area (Å²) in [5.74, 6) is 0. The van der Waals surface area contributed by atoms with Crippen molar-refractivity contribution in [2.75, 3.05) is 5.73 Å². The average molecular weight is 277 g/mol. The Balaban J connectivity index is 1.84. The molecule has 0 atom stereocenters. The SMILES string of the molecule is Cc1ccn2cc(-c3ccc4c(c3)CCCC4)nc2c1N. The number of aromatic nitrogens is 2. The molecule has 0 saturated carbocycles. The van der Waals surface area contributed by atoms with Crippen LogP contribution in [0.5, 0.6) is 0 Å². The molecule has 1 aliphatic rings. The first-order valence-corrected chi connectivity index (χ1v) is 7.58. The molecule has 0 fully saturated rings. The van der Waals surface area contributed by atoms with Crippen LogP contribution in [-0.2, 0) is 12.8 Å². The van der Waals surface area contributed by atoms with E-state index in [0.717, 1.165) is 22.6 Å². The van der Waals surface area contributed by atoms with Gasteiger partial charge in [-0.1, -0.05) is 12.1 Å². The molecule has 3 aromatic rings. The number of hydrogen-bond acceptors (Lipinski definition) is 2. The Labute approximate surface area is 124 Å². The van der Waals surface area contributed by atoms with E-state index in [9.17, 15) is 0 Å². The van der Waals surface area contributed by atoms with Crippen LogP contribution in [0, 0.1) is 6.92 Å². The van der Waals surface area contributed by atoms with E-state index < -0.39 is 0 Å². The first-order valence-electron chi connectivity index (χ1n) is 7.58. The number of aryl methyl sites for hydroxylation is 3. The molecule has 2 N–H and O–H groups in total. The average Bonchev–Trinajstić information content (AvgIpc) is 2.95. The van der Waals surface area contributed by atoms with Crippen LogP contribution in [0.15, 0.2) is 36.7 Å². The largest absolute Gasteiger partial charge is 0.395 e. The second-order valence-electron chi connectivity index (χ2n) is 5.96. The molecule has 0 aliphatic heterocycles. The van der Waals surface area contributed by atoms with Crippen LogP contribution >= 0.6 is 0 Å². The molecule has 106 valence electrons. The molecule has 3 heteroatoms. The zero-order valence-corrected chi connectivity index (χ0v) is 12.3. The molecule has 4 rings (SSSR count). The van der Waals surface area contributed by atoms with Crippen molar-refractivity contribution in [1.82, 2.24) is 9.38 Å². The summed E-state index contributed by atoms with van der Waals surface area (Å²) in [6.07, 6.45) is 9.11. The highest BCUT2D eigenvalue weighted by atomic mass is 15.0. The molecular weight excluding hydrogens is 258 g/mol. The second-order valence-corrected chi connectivity index (χ2v) is 5.96. The maximum absolute atomic E-state index is 6.14. The minimum atomic E-state index is 0.765. The van der Waals surface area contributed by atoms with E-state index in [1.165, 1.54) is 42.4 Å². The lowest BCUT2D eigenvalue weighted by Gasteiger charge is -2.15. The third-order valence-electron chi connectivity index (χ3n) is 4.53. The lowest BCUT2D eigenvalue weighted by Crippen LogP contribution is -2.02. The molecule has 0 spiro atoms. The molecule has 1 aliphatic carbocycles. The summed E-state index contributed by atoms with van der Waals surface area (Å²) < 4.78 is 2.01. The van der Waals surface area contributed by atoms with Gasteiger partial charge in [-0.15, -0.1) is 0 Å². The number of nitrogens with zero attached hydrogens (tertiary/aromatic N) is 2. The Morgan fingerprint density at radius 3 is 2.76 bits per heavy atom. The first kappa shape index (κ1) is 12.5. The van der Waals surface area contributed by atoms with Crippen LogP contribution in [0.2, 0.25) is 0 Å². The highest BCUT2D eigenvalue weighted by Crippen LogP contribution is 2.28. The predicted molar refractivity (Wildman–Crippen MR) is 86.4 cm³/mol. The highest BCUT2D eigenvalue weighted by Gasteiger charge is 2.12. The molecule has 3 nitrogen and oxygen atoms in total. The summed E-state index contributed by atoms with van der Waals surface area (Å²) in [7, 11) is 0. The van der Waals surface area contributed by atoms with Gasteiger partial charge in [-0.25, -0.2) is 4.98 Å². The predicted octanol–water partition coefficient (Wildman–Crippen LogP) is 3.77. The van der Waals surface area contributed by atoms with Gasteiger partial charge in [-0.3, -0.25) is 0 Å². The number of anilines is 1. The van der Waals surface area contributed by atoms with Gasteiger partial charge in [0, 0.05) is 18.0 Å². The van der Waals surface area contributed by atoms with Gasteiger partial charge in [-0.2, -0.15) is 0 Å². The zero-order chi connectivity index (χ0) is 14.4. The quantitative estimate of drug-likeness (QED) is 0.735. The number of imidazole rings is 1. The van der Waals surface area contributed by atoms with Crippen molar-refractivity contribution in [1.29, 1.82) is 0 Å². The fourth-order valence-corrected chi connectivity index (χ4v) is 3.20. The Morgan fingerprint density at radius 2 is 1.90 bits per heavy atom. The smallest absolute Gasteiger partial charge is 0.160 e. The number of pyridine rings is 1. The van der Waals surface area contributed by atoms with Crippen LogP contribution in [0.1, 0.15) is 29.5 Å². The monoisotopic (exact) mass is 277 g/mol. The molecule has 0 saturated heterocycles. The normalized spacial score (nSPS) is 14.3. The van der Waals surface area contributed by atoms with Gasteiger partial charge in [0.2, 0.25) is 0 Å². The van der Waals surface area contributed by atoms with E-state index in [0.29, 0.717) is 0 Å². The van der Waals surface area contributed by atoms with Crippen molar-refractivity contribution in [2.45, 2.75) is 32.6 Å².